The van der Waals surface area contributed by atoms with Crippen LogP contribution in [0.4, 0.5) is 0 Å². The van der Waals surface area contributed by atoms with E-state index in [1.54, 1.807) is 24.3 Å². The second-order valence-corrected chi connectivity index (χ2v) is 3.35. The molecule has 0 saturated heterocycles. The van der Waals surface area contributed by atoms with Crippen LogP contribution < -0.4 is 0 Å². The van der Waals surface area contributed by atoms with Gasteiger partial charge in [0.2, 0.25) is 5.82 Å². The topological polar surface area (TPSA) is 74.8 Å². The predicted molar refractivity (Wildman–Crippen MR) is 56.4 cm³/mol. The first-order valence-corrected chi connectivity index (χ1v) is 4.77. The number of hydrogen-bond donors (Lipinski definition) is 1. The van der Waals surface area contributed by atoms with Crippen LogP contribution in [0.1, 0.15) is 16.2 Å². The Morgan fingerprint density at radius 2 is 2.19 bits per heavy atom. The molecular weight excluding hydrogens is 206 g/mol. The van der Waals surface area contributed by atoms with Gasteiger partial charge in [-0.1, -0.05) is 0 Å². The van der Waals surface area contributed by atoms with Crippen molar-refractivity contribution in [3.8, 4) is 0 Å². The van der Waals surface area contributed by atoms with Crippen molar-refractivity contribution in [1.29, 1.82) is 0 Å². The van der Waals surface area contributed by atoms with Crippen molar-refractivity contribution in [2.75, 3.05) is 7.05 Å². The summed E-state index contributed by atoms with van der Waals surface area (Å²) in [4.78, 5) is 21.1. The van der Waals surface area contributed by atoms with E-state index >= 15 is 0 Å². The fourth-order valence-electron chi connectivity index (χ4n) is 1.32. The van der Waals surface area contributed by atoms with Gasteiger partial charge in [0.05, 0.1) is 0 Å². The number of aromatic nitrogens is 4. The number of nitrogens with one attached hydrogen (secondary N) is 1. The SMILES string of the molecule is CN(Cc1ccncc1)C(=O)c1ncn[nH]1. The van der Waals surface area contributed by atoms with Crippen molar-refractivity contribution in [3.05, 3.63) is 42.2 Å². The number of pyridine rings is 1. The molecule has 0 fully saturated rings. The molecule has 16 heavy (non-hydrogen) atoms. The van der Waals surface area contributed by atoms with Gasteiger partial charge in [-0.2, -0.15) is 5.10 Å². The highest BCUT2D eigenvalue weighted by atomic mass is 16.2. The molecule has 6 nitrogen and oxygen atoms in total. The van der Waals surface area contributed by atoms with Crippen LogP contribution in [0.2, 0.25) is 0 Å². The molecule has 0 aliphatic rings. The predicted octanol–water partition coefficient (Wildman–Crippen LogP) is 0.472. The van der Waals surface area contributed by atoms with Crippen molar-refractivity contribution >= 4 is 5.91 Å². The van der Waals surface area contributed by atoms with Gasteiger partial charge in [-0.3, -0.25) is 14.9 Å². The number of carbonyl (C=O) groups is 1. The van der Waals surface area contributed by atoms with E-state index in [2.05, 4.69) is 20.2 Å². The summed E-state index contributed by atoms with van der Waals surface area (Å²) in [6.45, 7) is 0.516. The minimum atomic E-state index is -0.186. The molecule has 0 aliphatic heterocycles. The lowest BCUT2D eigenvalue weighted by molar-refractivity contribution is 0.0773. The number of amides is 1. The van der Waals surface area contributed by atoms with Gasteiger partial charge in [-0.25, -0.2) is 4.98 Å². The number of carbonyl (C=O) groups excluding carboxylic acids is 1. The third-order valence-corrected chi connectivity index (χ3v) is 2.13. The Morgan fingerprint density at radius 3 is 2.81 bits per heavy atom. The number of hydrogen-bond acceptors (Lipinski definition) is 4. The molecule has 0 saturated carbocycles. The van der Waals surface area contributed by atoms with Gasteiger partial charge in [0.1, 0.15) is 6.33 Å². The summed E-state index contributed by atoms with van der Waals surface area (Å²) in [5, 5.41) is 6.18. The Morgan fingerprint density at radius 1 is 1.44 bits per heavy atom. The Bertz CT molecular complexity index is 453. The van der Waals surface area contributed by atoms with E-state index < -0.39 is 0 Å². The molecule has 2 aromatic heterocycles. The molecule has 0 radical (unpaired) electrons. The number of nitrogens with zero attached hydrogens (tertiary/aromatic N) is 4. The Hall–Kier alpha value is -2.24. The molecule has 6 heteroatoms. The fraction of sp³-hybridized carbons (Fsp3) is 0.200. The monoisotopic (exact) mass is 217 g/mol. The second-order valence-electron chi connectivity index (χ2n) is 3.35. The molecule has 2 rings (SSSR count). The average Bonchev–Trinajstić information content (AvgIpc) is 2.83. The molecular formula is C10H11N5O. The maximum absolute atomic E-state index is 11.8. The summed E-state index contributed by atoms with van der Waals surface area (Å²) in [7, 11) is 1.71. The average molecular weight is 217 g/mol. The van der Waals surface area contributed by atoms with Crippen LogP contribution in [0.15, 0.2) is 30.9 Å². The zero-order valence-corrected chi connectivity index (χ0v) is 8.79. The zero-order valence-electron chi connectivity index (χ0n) is 8.79. The van der Waals surface area contributed by atoms with Crippen LogP contribution in [0.3, 0.4) is 0 Å². The number of rotatable bonds is 3. The molecule has 0 aliphatic carbocycles. The lowest BCUT2D eigenvalue weighted by Crippen LogP contribution is -2.27. The largest absolute Gasteiger partial charge is 0.335 e. The molecule has 82 valence electrons. The van der Waals surface area contributed by atoms with E-state index in [9.17, 15) is 4.79 Å². The maximum Gasteiger partial charge on any atom is 0.291 e. The third kappa shape index (κ3) is 2.22. The Labute approximate surface area is 92.3 Å². The van der Waals surface area contributed by atoms with E-state index in [-0.39, 0.29) is 11.7 Å². The van der Waals surface area contributed by atoms with Gasteiger partial charge in [-0.15, -0.1) is 0 Å². The first kappa shape index (κ1) is 10.3. The van der Waals surface area contributed by atoms with Crippen molar-refractivity contribution in [1.82, 2.24) is 25.1 Å². The summed E-state index contributed by atoms with van der Waals surface area (Å²) in [6.07, 6.45) is 4.71. The molecule has 2 aromatic rings. The fourth-order valence-corrected chi connectivity index (χ4v) is 1.32. The third-order valence-electron chi connectivity index (χ3n) is 2.13. The van der Waals surface area contributed by atoms with Crippen molar-refractivity contribution in [3.63, 3.8) is 0 Å². The molecule has 0 unspecified atom stereocenters. The molecule has 0 atom stereocenters. The van der Waals surface area contributed by atoms with Crippen LogP contribution >= 0.6 is 0 Å². The quantitative estimate of drug-likeness (QED) is 0.811. The van der Waals surface area contributed by atoms with E-state index in [0.29, 0.717) is 6.54 Å². The zero-order chi connectivity index (χ0) is 11.4. The van der Waals surface area contributed by atoms with Crippen LogP contribution in [-0.4, -0.2) is 38.0 Å². The molecule has 0 spiro atoms. The van der Waals surface area contributed by atoms with E-state index in [1.807, 2.05) is 12.1 Å². The smallest absolute Gasteiger partial charge is 0.291 e. The maximum atomic E-state index is 11.8. The van der Waals surface area contributed by atoms with Gasteiger partial charge < -0.3 is 4.90 Å². The van der Waals surface area contributed by atoms with Crippen LogP contribution in [0.25, 0.3) is 0 Å². The molecule has 0 aromatic carbocycles. The Balaban J connectivity index is 2.04. The first-order valence-electron chi connectivity index (χ1n) is 4.77. The van der Waals surface area contributed by atoms with Crippen molar-refractivity contribution in [2.24, 2.45) is 0 Å². The van der Waals surface area contributed by atoms with Gasteiger partial charge >= 0.3 is 0 Å². The van der Waals surface area contributed by atoms with Gasteiger partial charge in [0, 0.05) is 26.0 Å². The summed E-state index contributed by atoms with van der Waals surface area (Å²) in [5.74, 6) is 0.0610. The molecule has 0 bridgehead atoms. The highest BCUT2D eigenvalue weighted by molar-refractivity contribution is 5.90. The summed E-state index contributed by atoms with van der Waals surface area (Å²) in [6, 6.07) is 3.73. The minimum absolute atomic E-state index is 0.186. The molecule has 2 heterocycles. The number of aromatic amines is 1. The normalized spacial score (nSPS) is 10.1. The van der Waals surface area contributed by atoms with Gasteiger partial charge in [0.25, 0.3) is 5.91 Å². The summed E-state index contributed by atoms with van der Waals surface area (Å²) in [5.41, 5.74) is 1.02. The highest BCUT2D eigenvalue weighted by Crippen LogP contribution is 2.03. The second kappa shape index (κ2) is 4.52. The van der Waals surface area contributed by atoms with Crippen LogP contribution in [0.5, 0.6) is 0 Å². The standard InChI is InChI=1S/C10H11N5O/c1-15(6-8-2-4-11-5-3-8)10(16)9-12-7-13-14-9/h2-5,7H,6H2,1H3,(H,12,13,14). The van der Waals surface area contributed by atoms with Gasteiger partial charge in [-0.05, 0) is 17.7 Å². The lowest BCUT2D eigenvalue weighted by atomic mass is 10.2. The highest BCUT2D eigenvalue weighted by Gasteiger charge is 2.14. The summed E-state index contributed by atoms with van der Waals surface area (Å²) >= 11 is 0. The van der Waals surface area contributed by atoms with E-state index in [1.165, 1.54) is 6.33 Å². The van der Waals surface area contributed by atoms with E-state index in [0.717, 1.165) is 5.56 Å². The van der Waals surface area contributed by atoms with Crippen LogP contribution in [0, 0.1) is 0 Å². The Kier molecular flexibility index (Phi) is 2.90. The summed E-state index contributed by atoms with van der Waals surface area (Å²) < 4.78 is 0. The molecule has 1 amide bonds. The number of H-pyrrole nitrogens is 1. The van der Waals surface area contributed by atoms with Crippen molar-refractivity contribution in [2.45, 2.75) is 6.54 Å². The van der Waals surface area contributed by atoms with E-state index in [4.69, 9.17) is 0 Å². The molecule has 1 N–H and O–H groups in total. The van der Waals surface area contributed by atoms with Crippen molar-refractivity contribution < 1.29 is 4.79 Å². The minimum Gasteiger partial charge on any atom is -0.335 e. The first-order chi connectivity index (χ1) is 7.77. The van der Waals surface area contributed by atoms with Gasteiger partial charge in [0.15, 0.2) is 0 Å². The van der Waals surface area contributed by atoms with Crippen LogP contribution in [-0.2, 0) is 6.54 Å². The lowest BCUT2D eigenvalue weighted by Gasteiger charge is -2.15.